The van der Waals surface area contributed by atoms with E-state index in [9.17, 15) is 4.79 Å². The fourth-order valence-corrected chi connectivity index (χ4v) is 3.72. The number of hydrogen-bond acceptors (Lipinski definition) is 2. The minimum Gasteiger partial charge on any atom is -0.338 e. The summed E-state index contributed by atoms with van der Waals surface area (Å²) in [7, 11) is 0. The van der Waals surface area contributed by atoms with Gasteiger partial charge in [0.05, 0.1) is 17.3 Å². The highest BCUT2D eigenvalue weighted by molar-refractivity contribution is 6.21. The van der Waals surface area contributed by atoms with Gasteiger partial charge in [-0.05, 0) is 31.4 Å². The smallest absolute Gasteiger partial charge is 0.229 e. The van der Waals surface area contributed by atoms with Crippen LogP contribution < -0.4 is 5.32 Å². The molecular weight excluding hydrogens is 264 g/mol. The number of fused-ring (bicyclic) bond motifs is 2. The topological polar surface area (TPSA) is 55.2 Å². The molecule has 5 heteroatoms. The van der Waals surface area contributed by atoms with Crippen molar-refractivity contribution < 1.29 is 10.0 Å². The first-order valence-electron chi connectivity index (χ1n) is 6.66. The lowest BCUT2D eigenvalue weighted by molar-refractivity contribution is -0.169. The third-order valence-electron chi connectivity index (χ3n) is 4.18. The molecule has 2 aliphatic heterocycles. The highest BCUT2D eigenvalue weighted by Crippen LogP contribution is 2.40. The number of nitrogens with one attached hydrogen (secondary N) is 1. The van der Waals surface area contributed by atoms with Gasteiger partial charge in [-0.2, -0.15) is 0 Å². The summed E-state index contributed by atoms with van der Waals surface area (Å²) in [6, 6.07) is 9.52. The zero-order valence-corrected chi connectivity index (χ0v) is 11.3. The van der Waals surface area contributed by atoms with Crippen molar-refractivity contribution in [2.75, 3.05) is 5.32 Å². The van der Waals surface area contributed by atoms with Crippen molar-refractivity contribution in [1.29, 1.82) is 0 Å². The van der Waals surface area contributed by atoms with Gasteiger partial charge in [0.15, 0.2) is 0 Å². The number of hydroxylamine groups is 2. The number of anilines is 1. The Labute approximate surface area is 117 Å². The van der Waals surface area contributed by atoms with Crippen LogP contribution in [0.5, 0.6) is 0 Å². The highest BCUT2D eigenvalue weighted by Gasteiger charge is 2.52. The quantitative estimate of drug-likeness (QED) is 0.663. The second-order valence-electron chi connectivity index (χ2n) is 5.34. The zero-order chi connectivity index (χ0) is 13.4. The Hall–Kier alpha value is -1.10. The van der Waals surface area contributed by atoms with Crippen molar-refractivity contribution in [2.24, 2.45) is 5.92 Å². The van der Waals surface area contributed by atoms with E-state index < -0.39 is 0 Å². The van der Waals surface area contributed by atoms with E-state index in [1.54, 1.807) is 5.06 Å². The largest absolute Gasteiger partial charge is 0.338 e. The highest BCUT2D eigenvalue weighted by atomic mass is 35.5. The second kappa shape index (κ2) is 5.12. The number of rotatable bonds is 2. The fraction of sp³-hybridized carbons (Fsp3) is 0.500. The molecule has 2 fully saturated rings. The van der Waals surface area contributed by atoms with Crippen LogP contribution in [0.1, 0.15) is 19.3 Å². The first-order chi connectivity index (χ1) is 9.16. The summed E-state index contributed by atoms with van der Waals surface area (Å²) in [4.78, 5) is 12.4. The fourth-order valence-electron chi connectivity index (χ4n) is 3.22. The van der Waals surface area contributed by atoms with Crippen LogP contribution in [0.2, 0.25) is 0 Å². The molecule has 0 aliphatic carbocycles. The molecule has 0 aromatic heterocycles. The standard InChI is InChI=1S/C14H17ClN2O2/c15-12-8-10-6-7-11(13(12)17(10)19)14(18)16-9-4-2-1-3-5-9/h1-5,10-13,19H,6-8H2,(H,16,18)/p+1. The number of carbonyl (C=O) groups is 1. The number of amides is 1. The molecule has 2 heterocycles. The predicted octanol–water partition coefficient (Wildman–Crippen LogP) is 1.73. The maximum atomic E-state index is 12.4. The molecule has 1 amide bonds. The zero-order valence-electron chi connectivity index (χ0n) is 10.6. The minimum absolute atomic E-state index is 0.0144. The van der Waals surface area contributed by atoms with E-state index in [1.165, 1.54) is 0 Å². The molecule has 3 N–H and O–H groups in total. The van der Waals surface area contributed by atoms with Crippen LogP contribution >= 0.6 is 11.6 Å². The van der Waals surface area contributed by atoms with Crippen LogP contribution in [-0.2, 0) is 4.79 Å². The number of carbonyl (C=O) groups excluding carboxylic acids is 1. The Kier molecular flexibility index (Phi) is 3.48. The lowest BCUT2D eigenvalue weighted by Gasteiger charge is -2.32. The number of alkyl halides is 1. The van der Waals surface area contributed by atoms with Crippen molar-refractivity contribution in [1.82, 2.24) is 5.06 Å². The summed E-state index contributed by atoms with van der Waals surface area (Å²) in [6.07, 6.45) is 2.54. The molecule has 2 aliphatic rings. The normalized spacial score (nSPS) is 34.2. The van der Waals surface area contributed by atoms with Crippen LogP contribution in [-0.4, -0.2) is 33.6 Å². The van der Waals surface area contributed by atoms with Crippen LogP contribution in [0, 0.1) is 5.92 Å². The summed E-state index contributed by atoms with van der Waals surface area (Å²) in [5.41, 5.74) is 0.801. The molecule has 0 saturated carbocycles. The molecule has 1 aromatic carbocycles. The van der Waals surface area contributed by atoms with Gasteiger partial charge in [-0.15, -0.1) is 11.6 Å². The Morgan fingerprint density at radius 3 is 2.79 bits per heavy atom. The summed E-state index contributed by atoms with van der Waals surface area (Å²) in [5.74, 6) is -0.196. The average Bonchev–Trinajstić information content (AvgIpc) is 2.59. The summed E-state index contributed by atoms with van der Waals surface area (Å²) in [5, 5.41) is 12.4. The van der Waals surface area contributed by atoms with Gasteiger partial charge < -0.3 is 10.5 Å². The third-order valence-corrected chi connectivity index (χ3v) is 4.62. The number of piperidine rings is 1. The molecule has 1 aromatic rings. The average molecular weight is 282 g/mol. The molecule has 2 bridgehead atoms. The third kappa shape index (κ3) is 2.36. The molecule has 3 rings (SSSR count). The van der Waals surface area contributed by atoms with Gasteiger partial charge in [-0.1, -0.05) is 23.3 Å². The molecule has 102 valence electrons. The Balaban J connectivity index is 1.73. The van der Waals surface area contributed by atoms with Gasteiger partial charge in [-0.3, -0.25) is 4.79 Å². The van der Waals surface area contributed by atoms with E-state index >= 15 is 0 Å². The Morgan fingerprint density at radius 1 is 1.32 bits per heavy atom. The van der Waals surface area contributed by atoms with E-state index in [0.717, 1.165) is 24.9 Å². The van der Waals surface area contributed by atoms with E-state index in [1.807, 2.05) is 30.3 Å². The van der Waals surface area contributed by atoms with E-state index in [0.29, 0.717) is 0 Å². The van der Waals surface area contributed by atoms with Gasteiger partial charge in [0.1, 0.15) is 6.04 Å². The van der Waals surface area contributed by atoms with Gasteiger partial charge in [-0.25, -0.2) is 0 Å². The molecule has 0 radical (unpaired) electrons. The number of benzene rings is 1. The monoisotopic (exact) mass is 281 g/mol. The Morgan fingerprint density at radius 2 is 2.05 bits per heavy atom. The second-order valence-corrected chi connectivity index (χ2v) is 5.90. The van der Waals surface area contributed by atoms with Crippen LogP contribution in [0.3, 0.4) is 0 Å². The summed E-state index contributed by atoms with van der Waals surface area (Å²) < 4.78 is 0. The lowest BCUT2D eigenvalue weighted by atomic mass is 9.90. The van der Waals surface area contributed by atoms with Crippen molar-refractivity contribution >= 4 is 23.2 Å². The van der Waals surface area contributed by atoms with E-state index in [4.69, 9.17) is 16.8 Å². The van der Waals surface area contributed by atoms with Gasteiger partial charge in [0.2, 0.25) is 5.91 Å². The van der Waals surface area contributed by atoms with Gasteiger partial charge >= 0.3 is 0 Å². The predicted molar refractivity (Wildman–Crippen MR) is 75.1 cm³/mol. The van der Waals surface area contributed by atoms with Crippen LogP contribution in [0.4, 0.5) is 5.69 Å². The number of hydrogen-bond donors (Lipinski definition) is 1. The first kappa shape index (κ1) is 12.9. The van der Waals surface area contributed by atoms with Gasteiger partial charge in [0, 0.05) is 5.69 Å². The van der Waals surface area contributed by atoms with Crippen molar-refractivity contribution in [3.63, 3.8) is 0 Å². The Bertz CT molecular complexity index is 468. The number of para-hydroxylation sites is 1. The molecule has 4 atom stereocenters. The number of nitrogens with zero attached hydrogens (tertiary/aromatic N) is 1. The maximum Gasteiger partial charge on any atom is 0.229 e. The first-order valence-corrected chi connectivity index (χ1v) is 7.10. The summed E-state index contributed by atoms with van der Waals surface area (Å²) >= 11 is 6.31. The van der Waals surface area contributed by atoms with Crippen molar-refractivity contribution in [3.8, 4) is 0 Å². The summed E-state index contributed by atoms with van der Waals surface area (Å²) in [6.45, 7) is 0. The van der Waals surface area contributed by atoms with Crippen LogP contribution in [0.25, 0.3) is 0 Å². The van der Waals surface area contributed by atoms with Crippen molar-refractivity contribution in [2.45, 2.75) is 36.7 Å². The molecular formula is C14H18ClN2O2+. The van der Waals surface area contributed by atoms with Crippen molar-refractivity contribution in [3.05, 3.63) is 30.3 Å². The molecule has 2 saturated heterocycles. The van der Waals surface area contributed by atoms with E-state index in [-0.39, 0.29) is 29.3 Å². The molecule has 0 spiro atoms. The van der Waals surface area contributed by atoms with Crippen LogP contribution in [0.15, 0.2) is 30.3 Å². The minimum atomic E-state index is -0.182. The lowest BCUT2D eigenvalue weighted by Crippen LogP contribution is -2.48. The molecule has 4 nitrogen and oxygen atoms in total. The van der Waals surface area contributed by atoms with E-state index in [2.05, 4.69) is 5.32 Å². The maximum absolute atomic E-state index is 12.4. The molecule has 4 unspecified atom stereocenters. The molecule has 19 heavy (non-hydrogen) atoms. The number of halogens is 1. The van der Waals surface area contributed by atoms with Gasteiger partial charge in [0.25, 0.3) is 0 Å². The SMILES string of the molecule is O=C(Nc1ccccc1)C1CCC2CC(Cl)C1N2[OH2+].